The fourth-order valence-corrected chi connectivity index (χ4v) is 4.44. The van der Waals surface area contributed by atoms with Gasteiger partial charge in [0, 0.05) is 26.0 Å². The van der Waals surface area contributed by atoms with Crippen LogP contribution in [0.3, 0.4) is 0 Å². The summed E-state index contributed by atoms with van der Waals surface area (Å²) in [5, 5.41) is 0. The number of ether oxygens (including phenoxy) is 2. The molecule has 2 heterocycles. The molecule has 2 saturated heterocycles. The van der Waals surface area contributed by atoms with Crippen LogP contribution in [0, 0.1) is 5.82 Å². The fraction of sp³-hybridized carbons (Fsp3) is 0.440. The molecule has 0 aromatic heterocycles. The SMILES string of the molecule is NC(=O)C1(Cc2ccc(-c3ccc(F)cc3)cc2)CN(C(=O)CCC2CCCO2)CCO1. The van der Waals surface area contributed by atoms with Gasteiger partial charge >= 0.3 is 0 Å². The monoisotopic (exact) mass is 440 g/mol. The molecule has 0 bridgehead atoms. The molecule has 2 aromatic carbocycles. The summed E-state index contributed by atoms with van der Waals surface area (Å²) in [5.41, 5.74) is 7.23. The average Bonchev–Trinajstić information content (AvgIpc) is 3.32. The number of carbonyl (C=O) groups is 2. The predicted octanol–water partition coefficient (Wildman–Crippen LogP) is 3.08. The van der Waals surface area contributed by atoms with E-state index in [0.717, 1.165) is 36.1 Å². The zero-order valence-electron chi connectivity index (χ0n) is 18.1. The minimum atomic E-state index is -1.25. The number of benzene rings is 2. The van der Waals surface area contributed by atoms with E-state index in [-0.39, 0.29) is 37.4 Å². The first kappa shape index (κ1) is 22.4. The molecule has 2 aliphatic heterocycles. The summed E-state index contributed by atoms with van der Waals surface area (Å²) in [6.07, 6.45) is 3.56. The third kappa shape index (κ3) is 5.16. The lowest BCUT2D eigenvalue weighted by atomic mass is 9.90. The Morgan fingerprint density at radius 1 is 1.06 bits per heavy atom. The van der Waals surface area contributed by atoms with E-state index in [0.29, 0.717) is 19.4 Å². The lowest BCUT2D eigenvalue weighted by Gasteiger charge is -2.41. The van der Waals surface area contributed by atoms with E-state index < -0.39 is 11.5 Å². The van der Waals surface area contributed by atoms with Gasteiger partial charge in [0.15, 0.2) is 5.60 Å². The topological polar surface area (TPSA) is 81.9 Å². The Balaban J connectivity index is 1.42. The first-order valence-corrected chi connectivity index (χ1v) is 11.1. The Bertz CT molecular complexity index is 941. The molecule has 2 unspecified atom stereocenters. The van der Waals surface area contributed by atoms with Gasteiger partial charge in [-0.15, -0.1) is 0 Å². The van der Waals surface area contributed by atoms with Crippen LogP contribution in [0.5, 0.6) is 0 Å². The van der Waals surface area contributed by atoms with Gasteiger partial charge < -0.3 is 20.1 Å². The van der Waals surface area contributed by atoms with Crippen molar-refractivity contribution in [3.8, 4) is 11.1 Å². The number of rotatable bonds is 7. The number of halogens is 1. The van der Waals surface area contributed by atoms with Crippen molar-refractivity contribution >= 4 is 11.8 Å². The van der Waals surface area contributed by atoms with Gasteiger partial charge in [0.25, 0.3) is 5.91 Å². The maximum Gasteiger partial charge on any atom is 0.251 e. The highest BCUT2D eigenvalue weighted by Gasteiger charge is 2.43. The highest BCUT2D eigenvalue weighted by atomic mass is 19.1. The van der Waals surface area contributed by atoms with E-state index in [1.54, 1.807) is 17.0 Å². The summed E-state index contributed by atoms with van der Waals surface area (Å²) in [6.45, 7) is 1.62. The lowest BCUT2D eigenvalue weighted by molar-refractivity contribution is -0.163. The van der Waals surface area contributed by atoms with Crippen LogP contribution in [0.2, 0.25) is 0 Å². The van der Waals surface area contributed by atoms with Gasteiger partial charge in [-0.3, -0.25) is 9.59 Å². The number of primary amides is 1. The molecule has 2 atom stereocenters. The molecule has 32 heavy (non-hydrogen) atoms. The molecular weight excluding hydrogens is 411 g/mol. The zero-order valence-corrected chi connectivity index (χ0v) is 18.1. The van der Waals surface area contributed by atoms with Crippen LogP contribution in [-0.2, 0) is 25.5 Å². The normalized spacial score (nSPS) is 23.3. The van der Waals surface area contributed by atoms with Crippen LogP contribution in [0.4, 0.5) is 4.39 Å². The summed E-state index contributed by atoms with van der Waals surface area (Å²) in [6, 6.07) is 13.9. The second-order valence-electron chi connectivity index (χ2n) is 8.58. The fourth-order valence-electron chi connectivity index (χ4n) is 4.44. The largest absolute Gasteiger partial charge is 0.378 e. The van der Waals surface area contributed by atoms with Crippen molar-refractivity contribution in [3.05, 3.63) is 59.9 Å². The van der Waals surface area contributed by atoms with Crippen molar-refractivity contribution in [2.75, 3.05) is 26.3 Å². The molecule has 4 rings (SSSR count). The molecule has 2 aromatic rings. The number of hydrogen-bond acceptors (Lipinski definition) is 4. The third-order valence-corrected chi connectivity index (χ3v) is 6.31. The Kier molecular flexibility index (Phi) is 6.86. The second-order valence-corrected chi connectivity index (χ2v) is 8.58. The van der Waals surface area contributed by atoms with Crippen molar-refractivity contribution in [1.29, 1.82) is 0 Å². The summed E-state index contributed by atoms with van der Waals surface area (Å²) < 4.78 is 24.7. The van der Waals surface area contributed by atoms with Crippen molar-refractivity contribution in [3.63, 3.8) is 0 Å². The van der Waals surface area contributed by atoms with Crippen LogP contribution in [0.1, 0.15) is 31.2 Å². The number of nitrogens with two attached hydrogens (primary N) is 1. The smallest absolute Gasteiger partial charge is 0.251 e. The second kappa shape index (κ2) is 9.79. The van der Waals surface area contributed by atoms with Crippen LogP contribution in [0.15, 0.2) is 48.5 Å². The van der Waals surface area contributed by atoms with Crippen molar-refractivity contribution < 1.29 is 23.5 Å². The standard InChI is InChI=1S/C25H29FN2O4/c26-21-9-7-20(8-10-21)19-5-3-18(4-6-19)16-25(24(27)30)17-28(13-15-32-25)23(29)12-11-22-2-1-14-31-22/h3-10,22H,1-2,11-17H2,(H2,27,30). The Hall–Kier alpha value is -2.77. The van der Waals surface area contributed by atoms with Gasteiger partial charge in [-0.25, -0.2) is 4.39 Å². The molecule has 0 radical (unpaired) electrons. The summed E-state index contributed by atoms with van der Waals surface area (Å²) in [4.78, 5) is 26.9. The molecule has 2 aliphatic rings. The Labute approximate surface area is 187 Å². The highest BCUT2D eigenvalue weighted by Crippen LogP contribution is 2.27. The quantitative estimate of drug-likeness (QED) is 0.717. The first-order chi connectivity index (χ1) is 15.4. The molecule has 6 nitrogen and oxygen atoms in total. The van der Waals surface area contributed by atoms with Crippen LogP contribution in [0.25, 0.3) is 11.1 Å². The molecule has 2 N–H and O–H groups in total. The number of carbonyl (C=O) groups excluding carboxylic acids is 2. The summed E-state index contributed by atoms with van der Waals surface area (Å²) in [5.74, 6) is -0.851. The molecule has 0 saturated carbocycles. The minimum absolute atomic E-state index is 0.00100. The average molecular weight is 441 g/mol. The van der Waals surface area contributed by atoms with E-state index in [2.05, 4.69) is 0 Å². The van der Waals surface area contributed by atoms with Crippen LogP contribution in [-0.4, -0.2) is 54.7 Å². The summed E-state index contributed by atoms with van der Waals surface area (Å²) >= 11 is 0. The first-order valence-electron chi connectivity index (χ1n) is 11.1. The van der Waals surface area contributed by atoms with Crippen molar-refractivity contribution in [2.45, 2.75) is 43.8 Å². The Morgan fingerprint density at radius 3 is 2.38 bits per heavy atom. The van der Waals surface area contributed by atoms with Gasteiger partial charge in [-0.2, -0.15) is 0 Å². The molecule has 0 spiro atoms. The van der Waals surface area contributed by atoms with E-state index in [1.807, 2.05) is 24.3 Å². The zero-order chi connectivity index (χ0) is 22.6. The van der Waals surface area contributed by atoms with Gasteiger partial charge in [0.1, 0.15) is 5.82 Å². The van der Waals surface area contributed by atoms with Crippen molar-refractivity contribution in [1.82, 2.24) is 4.90 Å². The number of morpholine rings is 1. The van der Waals surface area contributed by atoms with Crippen LogP contribution < -0.4 is 5.73 Å². The number of amides is 2. The number of hydrogen-bond donors (Lipinski definition) is 1. The summed E-state index contributed by atoms with van der Waals surface area (Å²) in [7, 11) is 0. The highest BCUT2D eigenvalue weighted by molar-refractivity contribution is 5.86. The lowest BCUT2D eigenvalue weighted by Crippen LogP contribution is -2.61. The van der Waals surface area contributed by atoms with Gasteiger partial charge in [-0.1, -0.05) is 36.4 Å². The molecule has 170 valence electrons. The maximum absolute atomic E-state index is 13.2. The van der Waals surface area contributed by atoms with Gasteiger partial charge in [0.2, 0.25) is 5.91 Å². The minimum Gasteiger partial charge on any atom is -0.378 e. The molecule has 7 heteroatoms. The van der Waals surface area contributed by atoms with Gasteiger partial charge in [-0.05, 0) is 48.1 Å². The van der Waals surface area contributed by atoms with Gasteiger partial charge in [0.05, 0.1) is 19.3 Å². The van der Waals surface area contributed by atoms with E-state index in [4.69, 9.17) is 15.2 Å². The van der Waals surface area contributed by atoms with Crippen molar-refractivity contribution in [2.24, 2.45) is 5.73 Å². The predicted molar refractivity (Wildman–Crippen MR) is 118 cm³/mol. The third-order valence-electron chi connectivity index (χ3n) is 6.31. The maximum atomic E-state index is 13.2. The Morgan fingerprint density at radius 2 is 1.75 bits per heavy atom. The molecule has 2 fully saturated rings. The van der Waals surface area contributed by atoms with Crippen LogP contribution >= 0.6 is 0 Å². The number of nitrogens with zero attached hydrogens (tertiary/aromatic N) is 1. The van der Waals surface area contributed by atoms with E-state index in [1.165, 1.54) is 12.1 Å². The van der Waals surface area contributed by atoms with E-state index >= 15 is 0 Å². The molecule has 2 amide bonds. The molecular formula is C25H29FN2O4. The van der Waals surface area contributed by atoms with E-state index in [9.17, 15) is 14.0 Å². The molecule has 0 aliphatic carbocycles.